The highest BCUT2D eigenvalue weighted by Crippen LogP contribution is 2.51. The van der Waals surface area contributed by atoms with Gasteiger partial charge in [0.2, 0.25) is 0 Å². The van der Waals surface area contributed by atoms with Crippen molar-refractivity contribution >= 4 is 34.2 Å². The fraction of sp³-hybridized carbons (Fsp3) is 0.478. The second kappa shape index (κ2) is 7.84. The molecule has 0 unspecified atom stereocenters. The highest BCUT2D eigenvalue weighted by molar-refractivity contribution is 8.14. The maximum Gasteiger partial charge on any atom is 0.160 e. The summed E-state index contributed by atoms with van der Waals surface area (Å²) in [6.45, 7) is 6.69. The molecule has 0 N–H and O–H groups in total. The van der Waals surface area contributed by atoms with Crippen LogP contribution in [0.15, 0.2) is 41.5 Å². The van der Waals surface area contributed by atoms with Gasteiger partial charge in [-0.25, -0.2) is 0 Å². The van der Waals surface area contributed by atoms with Crippen LogP contribution < -0.4 is 4.90 Å². The average Bonchev–Trinajstić information content (AvgIpc) is 3.47. The van der Waals surface area contributed by atoms with E-state index in [9.17, 15) is 0 Å². The number of hydrogen-bond acceptors (Lipinski definition) is 5. The molecule has 0 saturated carbocycles. The lowest BCUT2D eigenvalue weighted by atomic mass is 9.93. The van der Waals surface area contributed by atoms with E-state index in [1.165, 1.54) is 29.7 Å². The van der Waals surface area contributed by atoms with E-state index in [4.69, 9.17) is 16.6 Å². The van der Waals surface area contributed by atoms with Crippen LogP contribution in [0, 0.1) is 6.92 Å². The summed E-state index contributed by atoms with van der Waals surface area (Å²) in [6.07, 6.45) is 5.51. The lowest BCUT2D eigenvalue weighted by Crippen LogP contribution is -2.35. The number of pyridine rings is 1. The highest BCUT2D eigenvalue weighted by Gasteiger charge is 2.46. The fourth-order valence-electron chi connectivity index (χ4n) is 4.91. The molecule has 0 bridgehead atoms. The third kappa shape index (κ3) is 3.23. The van der Waals surface area contributed by atoms with Gasteiger partial charge in [0.25, 0.3) is 0 Å². The molecule has 3 atom stereocenters. The first kappa shape index (κ1) is 19.3. The first-order chi connectivity index (χ1) is 14.2. The summed E-state index contributed by atoms with van der Waals surface area (Å²) in [5, 5.41) is 2.04. The summed E-state index contributed by atoms with van der Waals surface area (Å²) in [7, 11) is 0. The molecule has 1 aromatic heterocycles. The number of rotatable bonds is 4. The Labute approximate surface area is 182 Å². The number of aliphatic imine (C=N–C) groups is 1. The van der Waals surface area contributed by atoms with E-state index >= 15 is 0 Å². The van der Waals surface area contributed by atoms with Crippen LogP contribution in [0.3, 0.4) is 0 Å². The van der Waals surface area contributed by atoms with Gasteiger partial charge in [0, 0.05) is 36.8 Å². The predicted octanol–water partition coefficient (Wildman–Crippen LogP) is 5.62. The van der Waals surface area contributed by atoms with Crippen molar-refractivity contribution in [1.82, 2.24) is 9.88 Å². The van der Waals surface area contributed by atoms with E-state index in [-0.39, 0.29) is 12.1 Å². The third-order valence-corrected chi connectivity index (χ3v) is 8.11. The van der Waals surface area contributed by atoms with Crippen molar-refractivity contribution in [3.63, 3.8) is 0 Å². The van der Waals surface area contributed by atoms with Crippen molar-refractivity contribution in [3.05, 3.63) is 58.4 Å². The molecule has 2 aromatic rings. The van der Waals surface area contributed by atoms with E-state index in [1.807, 2.05) is 24.0 Å². The monoisotopic (exact) mass is 426 g/mol. The first-order valence-electron chi connectivity index (χ1n) is 10.6. The number of thioether (sulfide) groups is 1. The van der Waals surface area contributed by atoms with Gasteiger partial charge in [0.15, 0.2) is 5.17 Å². The average molecular weight is 427 g/mol. The number of nitrogens with zero attached hydrogens (tertiary/aromatic N) is 4. The Morgan fingerprint density at radius 3 is 2.72 bits per heavy atom. The Bertz CT molecular complexity index is 926. The molecule has 4 heterocycles. The summed E-state index contributed by atoms with van der Waals surface area (Å²) >= 11 is 8.93. The van der Waals surface area contributed by atoms with E-state index in [2.05, 4.69) is 52.9 Å². The highest BCUT2D eigenvalue weighted by atomic mass is 35.5. The summed E-state index contributed by atoms with van der Waals surface area (Å²) in [6, 6.07) is 11.2. The second-order valence-corrected chi connectivity index (χ2v) is 9.51. The van der Waals surface area contributed by atoms with E-state index in [0.717, 1.165) is 41.1 Å². The smallest absolute Gasteiger partial charge is 0.160 e. The van der Waals surface area contributed by atoms with Crippen molar-refractivity contribution in [2.75, 3.05) is 23.7 Å². The summed E-state index contributed by atoms with van der Waals surface area (Å²) in [5.74, 6) is 1.10. The van der Waals surface area contributed by atoms with Crippen molar-refractivity contribution in [3.8, 4) is 0 Å². The number of amidine groups is 1. The van der Waals surface area contributed by atoms with Crippen LogP contribution in [-0.2, 0) is 0 Å². The van der Waals surface area contributed by atoms with Gasteiger partial charge in [-0.1, -0.05) is 42.4 Å². The molecule has 2 saturated heterocycles. The molecule has 5 rings (SSSR count). The van der Waals surface area contributed by atoms with Gasteiger partial charge in [0.05, 0.1) is 16.8 Å². The maximum absolute atomic E-state index is 7.06. The van der Waals surface area contributed by atoms with Gasteiger partial charge in [0.1, 0.15) is 6.04 Å². The molecule has 2 fully saturated rings. The van der Waals surface area contributed by atoms with Crippen molar-refractivity contribution in [1.29, 1.82) is 0 Å². The Kier molecular flexibility index (Phi) is 5.21. The van der Waals surface area contributed by atoms with Crippen LogP contribution in [0.2, 0.25) is 5.02 Å². The minimum absolute atomic E-state index is 0.0115. The topological polar surface area (TPSA) is 31.7 Å². The number of halogens is 1. The minimum atomic E-state index is -0.0115. The Morgan fingerprint density at radius 1 is 1.17 bits per heavy atom. The van der Waals surface area contributed by atoms with Gasteiger partial charge in [-0.05, 0) is 55.5 Å². The standard InChI is InChI=1S/C23H27ClN4S/c1-3-16-14-29-23-26-21(18-8-4-5-11-25-18)22(28(16)23)17-9-10-19(15(2)20(17)24)27-12-6-7-13-27/h4-5,8-11,16,21-22H,3,6-7,12-14H2,1-2H3/t16-,21-,22-/m1/s1. The molecule has 1 aromatic carbocycles. The zero-order chi connectivity index (χ0) is 20.0. The molecule has 3 aliphatic rings. The van der Waals surface area contributed by atoms with Crippen LogP contribution in [-0.4, -0.2) is 39.9 Å². The van der Waals surface area contributed by atoms with Gasteiger partial charge >= 0.3 is 0 Å². The summed E-state index contributed by atoms with van der Waals surface area (Å²) in [5.41, 5.74) is 4.68. The molecule has 29 heavy (non-hydrogen) atoms. The maximum atomic E-state index is 7.06. The Balaban J connectivity index is 1.59. The van der Waals surface area contributed by atoms with Crippen LogP contribution in [0.25, 0.3) is 0 Å². The molecule has 0 spiro atoms. The molecule has 3 aliphatic heterocycles. The molecule has 6 heteroatoms. The lowest BCUT2D eigenvalue weighted by Gasteiger charge is -2.33. The molecule has 152 valence electrons. The zero-order valence-electron chi connectivity index (χ0n) is 17.0. The Morgan fingerprint density at radius 2 is 2.00 bits per heavy atom. The van der Waals surface area contributed by atoms with Gasteiger partial charge < -0.3 is 9.80 Å². The molecule has 4 nitrogen and oxygen atoms in total. The van der Waals surface area contributed by atoms with E-state index in [0.29, 0.717) is 6.04 Å². The quantitative estimate of drug-likeness (QED) is 0.634. The Hall–Kier alpha value is -1.72. The number of benzene rings is 1. The SMILES string of the molecule is CC[C@@H]1CSC2=N[C@H](c3ccccn3)[C@@H](c3ccc(N4CCCC4)c(C)c3Cl)N21. The minimum Gasteiger partial charge on any atom is -0.371 e. The van der Waals surface area contributed by atoms with Gasteiger partial charge in [-0.3, -0.25) is 9.98 Å². The van der Waals surface area contributed by atoms with Crippen molar-refractivity contribution in [2.45, 2.75) is 51.2 Å². The second-order valence-electron chi connectivity index (χ2n) is 8.14. The number of anilines is 1. The molecular formula is C23H27ClN4S. The lowest BCUT2D eigenvalue weighted by molar-refractivity contribution is 0.255. The van der Waals surface area contributed by atoms with Gasteiger partial charge in [-0.15, -0.1) is 0 Å². The molecule has 0 amide bonds. The van der Waals surface area contributed by atoms with Crippen LogP contribution in [0.5, 0.6) is 0 Å². The summed E-state index contributed by atoms with van der Waals surface area (Å²) in [4.78, 5) is 14.8. The molecular weight excluding hydrogens is 400 g/mol. The van der Waals surface area contributed by atoms with Gasteiger partial charge in [-0.2, -0.15) is 0 Å². The van der Waals surface area contributed by atoms with Crippen LogP contribution >= 0.6 is 23.4 Å². The third-order valence-electron chi connectivity index (χ3n) is 6.48. The molecule has 0 aliphatic carbocycles. The van der Waals surface area contributed by atoms with Crippen molar-refractivity contribution < 1.29 is 0 Å². The number of fused-ring (bicyclic) bond motifs is 1. The largest absolute Gasteiger partial charge is 0.371 e. The normalized spacial score (nSPS) is 26.2. The number of aromatic nitrogens is 1. The summed E-state index contributed by atoms with van der Waals surface area (Å²) < 4.78 is 0. The zero-order valence-corrected chi connectivity index (χ0v) is 18.6. The van der Waals surface area contributed by atoms with Crippen LogP contribution in [0.4, 0.5) is 5.69 Å². The van der Waals surface area contributed by atoms with Crippen molar-refractivity contribution in [2.24, 2.45) is 4.99 Å². The first-order valence-corrected chi connectivity index (χ1v) is 12.0. The fourth-order valence-corrected chi connectivity index (χ4v) is 6.52. The number of hydrogen-bond donors (Lipinski definition) is 0. The molecule has 0 radical (unpaired) electrons. The van der Waals surface area contributed by atoms with E-state index in [1.54, 1.807) is 0 Å². The van der Waals surface area contributed by atoms with Crippen LogP contribution in [0.1, 0.15) is 55.1 Å². The predicted molar refractivity (Wildman–Crippen MR) is 123 cm³/mol. The van der Waals surface area contributed by atoms with E-state index < -0.39 is 0 Å².